The molecule has 3 N–H and O–H groups in total. The molecule has 1 aliphatic rings. The third kappa shape index (κ3) is 3.57. The Bertz CT molecular complexity index is 1310. The van der Waals surface area contributed by atoms with Crippen LogP contribution in [0.3, 0.4) is 0 Å². The molecule has 31 heavy (non-hydrogen) atoms. The Labute approximate surface area is 183 Å². The number of thiophene rings is 1. The standard InChI is InChI=1S/C24H20N4O2S/c25-22(29)21-16-6-2-4-8-20(16)31-24(21)28-23(30)17-13-19(14-9-11-26-12-10-14)27-18-7-3-1-5-15(17)18/h1,3,5,7,9-13H,2,4,6,8H2,(H2,25,29)(H,28,30). The van der Waals surface area contributed by atoms with Crippen LogP contribution in [-0.2, 0) is 12.8 Å². The summed E-state index contributed by atoms with van der Waals surface area (Å²) in [5.74, 6) is -0.776. The molecule has 7 heteroatoms. The molecule has 0 radical (unpaired) electrons. The lowest BCUT2D eigenvalue weighted by Gasteiger charge is -2.12. The van der Waals surface area contributed by atoms with Crippen LogP contribution in [0.2, 0.25) is 0 Å². The van der Waals surface area contributed by atoms with E-state index in [0.29, 0.717) is 21.8 Å². The molecule has 0 atom stereocenters. The van der Waals surface area contributed by atoms with Crippen LogP contribution in [0.15, 0.2) is 54.9 Å². The first-order valence-corrected chi connectivity index (χ1v) is 11.0. The van der Waals surface area contributed by atoms with Gasteiger partial charge in [0.05, 0.1) is 22.3 Å². The second-order valence-electron chi connectivity index (χ2n) is 7.54. The number of nitrogens with zero attached hydrogens (tertiary/aromatic N) is 2. The molecule has 0 aliphatic heterocycles. The second kappa shape index (κ2) is 7.92. The zero-order valence-corrected chi connectivity index (χ0v) is 17.5. The number of para-hydroxylation sites is 1. The van der Waals surface area contributed by atoms with E-state index in [-0.39, 0.29) is 5.91 Å². The quantitative estimate of drug-likeness (QED) is 0.497. The van der Waals surface area contributed by atoms with Crippen molar-refractivity contribution in [1.29, 1.82) is 0 Å². The molecule has 3 aromatic heterocycles. The lowest BCUT2D eigenvalue weighted by molar-refractivity contribution is 0.100. The maximum Gasteiger partial charge on any atom is 0.257 e. The first-order valence-electron chi connectivity index (χ1n) is 10.2. The van der Waals surface area contributed by atoms with Crippen molar-refractivity contribution in [3.8, 4) is 11.3 Å². The highest BCUT2D eigenvalue weighted by atomic mass is 32.1. The average Bonchev–Trinajstić information content (AvgIpc) is 3.17. The fourth-order valence-electron chi connectivity index (χ4n) is 4.12. The Balaban J connectivity index is 1.59. The van der Waals surface area contributed by atoms with Crippen LogP contribution >= 0.6 is 11.3 Å². The fraction of sp³-hybridized carbons (Fsp3) is 0.167. The van der Waals surface area contributed by atoms with E-state index in [0.717, 1.165) is 52.6 Å². The molecule has 2 amide bonds. The van der Waals surface area contributed by atoms with Crippen LogP contribution < -0.4 is 11.1 Å². The average molecular weight is 429 g/mol. The fourth-order valence-corrected chi connectivity index (χ4v) is 5.41. The predicted molar refractivity (Wildman–Crippen MR) is 122 cm³/mol. The van der Waals surface area contributed by atoms with Gasteiger partial charge in [-0.1, -0.05) is 18.2 Å². The minimum Gasteiger partial charge on any atom is -0.365 e. The van der Waals surface area contributed by atoms with Gasteiger partial charge >= 0.3 is 0 Å². The van der Waals surface area contributed by atoms with Crippen molar-refractivity contribution in [2.45, 2.75) is 25.7 Å². The summed E-state index contributed by atoms with van der Waals surface area (Å²) in [6.45, 7) is 0. The number of aryl methyl sites for hydroxylation is 1. The highest BCUT2D eigenvalue weighted by Crippen LogP contribution is 2.38. The molecule has 0 spiro atoms. The molecule has 5 rings (SSSR count). The van der Waals surface area contributed by atoms with Gasteiger partial charge in [-0.25, -0.2) is 4.98 Å². The van der Waals surface area contributed by atoms with E-state index in [4.69, 9.17) is 10.7 Å². The van der Waals surface area contributed by atoms with Crippen molar-refractivity contribution in [1.82, 2.24) is 9.97 Å². The van der Waals surface area contributed by atoms with Crippen molar-refractivity contribution in [3.05, 3.63) is 76.4 Å². The summed E-state index contributed by atoms with van der Waals surface area (Å²) in [7, 11) is 0. The highest BCUT2D eigenvalue weighted by Gasteiger charge is 2.25. The molecule has 1 aromatic carbocycles. The van der Waals surface area contributed by atoms with Gasteiger partial charge in [0.15, 0.2) is 0 Å². The number of benzene rings is 1. The number of primary amides is 1. The van der Waals surface area contributed by atoms with E-state index in [1.54, 1.807) is 18.5 Å². The Morgan fingerprint density at radius 1 is 1.03 bits per heavy atom. The molecule has 0 saturated carbocycles. The molecule has 4 aromatic rings. The van der Waals surface area contributed by atoms with Gasteiger partial charge in [-0.15, -0.1) is 11.3 Å². The lowest BCUT2D eigenvalue weighted by Crippen LogP contribution is -2.19. The number of aromatic nitrogens is 2. The SMILES string of the molecule is NC(=O)c1c(NC(=O)c2cc(-c3ccncc3)nc3ccccc23)sc2c1CCCC2. The van der Waals surface area contributed by atoms with E-state index < -0.39 is 5.91 Å². The first kappa shape index (κ1) is 19.4. The summed E-state index contributed by atoms with van der Waals surface area (Å²) >= 11 is 1.46. The first-order chi connectivity index (χ1) is 15.1. The lowest BCUT2D eigenvalue weighted by atomic mass is 9.95. The van der Waals surface area contributed by atoms with Crippen LogP contribution in [0.4, 0.5) is 5.00 Å². The zero-order valence-electron chi connectivity index (χ0n) is 16.7. The van der Waals surface area contributed by atoms with E-state index in [1.165, 1.54) is 11.3 Å². The number of nitrogens with two attached hydrogens (primary N) is 1. The largest absolute Gasteiger partial charge is 0.365 e. The molecule has 154 valence electrons. The number of anilines is 1. The number of pyridine rings is 2. The summed E-state index contributed by atoms with van der Waals surface area (Å²) in [4.78, 5) is 35.5. The van der Waals surface area contributed by atoms with Crippen LogP contribution in [0.25, 0.3) is 22.2 Å². The van der Waals surface area contributed by atoms with Gasteiger partial charge < -0.3 is 11.1 Å². The number of carbonyl (C=O) groups is 2. The number of amides is 2. The molecular weight excluding hydrogens is 408 g/mol. The van der Waals surface area contributed by atoms with Crippen molar-refractivity contribution >= 4 is 39.1 Å². The normalized spacial score (nSPS) is 13.0. The Morgan fingerprint density at radius 2 is 1.81 bits per heavy atom. The number of nitrogens with one attached hydrogen (secondary N) is 1. The molecule has 0 unspecified atom stereocenters. The number of hydrogen-bond acceptors (Lipinski definition) is 5. The van der Waals surface area contributed by atoms with E-state index in [9.17, 15) is 9.59 Å². The summed E-state index contributed by atoms with van der Waals surface area (Å²) in [6.07, 6.45) is 7.25. The predicted octanol–water partition coefficient (Wildman–Crippen LogP) is 4.59. The smallest absolute Gasteiger partial charge is 0.257 e. The summed E-state index contributed by atoms with van der Waals surface area (Å²) in [6, 6.07) is 13.0. The summed E-state index contributed by atoms with van der Waals surface area (Å²) in [5.41, 5.74) is 9.93. The van der Waals surface area contributed by atoms with Crippen LogP contribution in [0.1, 0.15) is 44.0 Å². The second-order valence-corrected chi connectivity index (χ2v) is 8.65. The molecule has 6 nitrogen and oxygen atoms in total. The van der Waals surface area contributed by atoms with Crippen LogP contribution in [0.5, 0.6) is 0 Å². The number of hydrogen-bond donors (Lipinski definition) is 2. The monoisotopic (exact) mass is 428 g/mol. The third-order valence-electron chi connectivity index (χ3n) is 5.58. The highest BCUT2D eigenvalue weighted by molar-refractivity contribution is 7.17. The van der Waals surface area contributed by atoms with Gasteiger partial charge in [-0.3, -0.25) is 14.6 Å². The Hall–Kier alpha value is -3.58. The van der Waals surface area contributed by atoms with Crippen LogP contribution in [0, 0.1) is 0 Å². The van der Waals surface area contributed by atoms with Crippen molar-refractivity contribution in [2.75, 3.05) is 5.32 Å². The number of carbonyl (C=O) groups excluding carboxylic acids is 2. The van der Waals surface area contributed by atoms with E-state index in [1.807, 2.05) is 36.4 Å². The summed E-state index contributed by atoms with van der Waals surface area (Å²) in [5, 5.41) is 4.26. The number of rotatable bonds is 4. The van der Waals surface area contributed by atoms with Crippen molar-refractivity contribution < 1.29 is 9.59 Å². The Morgan fingerprint density at radius 3 is 2.61 bits per heavy atom. The Kier molecular flexibility index (Phi) is 4.95. The third-order valence-corrected chi connectivity index (χ3v) is 6.79. The maximum absolute atomic E-state index is 13.4. The summed E-state index contributed by atoms with van der Waals surface area (Å²) < 4.78 is 0. The molecule has 0 saturated heterocycles. The molecule has 3 heterocycles. The molecule has 0 fully saturated rings. The topological polar surface area (TPSA) is 98.0 Å². The molecule has 1 aliphatic carbocycles. The van der Waals surface area contributed by atoms with Gasteiger partial charge in [0.25, 0.3) is 11.8 Å². The van der Waals surface area contributed by atoms with Gasteiger partial charge in [-0.05, 0) is 55.5 Å². The van der Waals surface area contributed by atoms with Crippen molar-refractivity contribution in [2.24, 2.45) is 5.73 Å². The van der Waals surface area contributed by atoms with Gasteiger partial charge in [0.2, 0.25) is 0 Å². The molecular formula is C24H20N4O2S. The number of fused-ring (bicyclic) bond motifs is 2. The molecule has 0 bridgehead atoms. The van der Waals surface area contributed by atoms with Crippen LogP contribution in [-0.4, -0.2) is 21.8 Å². The van der Waals surface area contributed by atoms with Gasteiger partial charge in [0, 0.05) is 28.2 Å². The van der Waals surface area contributed by atoms with E-state index in [2.05, 4.69) is 10.3 Å². The van der Waals surface area contributed by atoms with Gasteiger partial charge in [0.1, 0.15) is 5.00 Å². The van der Waals surface area contributed by atoms with Gasteiger partial charge in [-0.2, -0.15) is 0 Å². The zero-order chi connectivity index (χ0) is 21.4. The van der Waals surface area contributed by atoms with Crippen molar-refractivity contribution in [3.63, 3.8) is 0 Å². The minimum absolute atomic E-state index is 0.282. The minimum atomic E-state index is -0.494. The van der Waals surface area contributed by atoms with E-state index >= 15 is 0 Å². The maximum atomic E-state index is 13.4.